The van der Waals surface area contributed by atoms with E-state index in [0.29, 0.717) is 0 Å². The first kappa shape index (κ1) is 7.14. The molecule has 43 valence electrons. The Morgan fingerprint density at radius 2 is 1.57 bits per heavy atom. The van der Waals surface area contributed by atoms with E-state index in [4.69, 9.17) is 8.85 Å². The minimum atomic E-state index is -1.90. The fourth-order valence-electron chi connectivity index (χ4n) is 0.0833. The number of hydrogen-bond donors (Lipinski definition) is 0. The van der Waals surface area contributed by atoms with E-state index in [1.54, 1.807) is 14.2 Å². The molecule has 0 saturated heterocycles. The van der Waals surface area contributed by atoms with Crippen molar-refractivity contribution in [1.29, 1.82) is 0 Å². The molecule has 0 aliphatic carbocycles. The summed E-state index contributed by atoms with van der Waals surface area (Å²) in [4.78, 5) is 0. The molecule has 2 nitrogen and oxygen atoms in total. The summed E-state index contributed by atoms with van der Waals surface area (Å²) in [7, 11) is 1.33. The van der Waals surface area contributed by atoms with Crippen molar-refractivity contribution < 1.29 is 8.85 Å². The highest BCUT2D eigenvalue weighted by molar-refractivity contribution is 6.67. The van der Waals surface area contributed by atoms with Crippen LogP contribution in [-0.4, -0.2) is 22.8 Å². The second kappa shape index (κ2) is 2.45. The quantitative estimate of drug-likeness (QED) is 0.499. The Bertz CT molecular complexity index is 47.7. The van der Waals surface area contributed by atoms with Crippen molar-refractivity contribution >= 4 is 8.56 Å². The van der Waals surface area contributed by atoms with Crippen molar-refractivity contribution in [3.8, 4) is 0 Å². The molecular formula is C4H11O2Si. The maximum atomic E-state index is 4.89. The molecule has 0 aromatic heterocycles. The van der Waals surface area contributed by atoms with Crippen molar-refractivity contribution in [2.75, 3.05) is 14.2 Å². The van der Waals surface area contributed by atoms with Gasteiger partial charge in [-0.2, -0.15) is 0 Å². The van der Waals surface area contributed by atoms with Gasteiger partial charge in [-0.15, -0.1) is 0 Å². The van der Waals surface area contributed by atoms with Gasteiger partial charge in [-0.3, -0.25) is 0 Å². The molecule has 0 aliphatic rings. The fraction of sp³-hybridized carbons (Fsp3) is 0.750. The van der Waals surface area contributed by atoms with E-state index in [9.17, 15) is 0 Å². The van der Waals surface area contributed by atoms with Crippen molar-refractivity contribution in [3.63, 3.8) is 0 Å². The highest BCUT2D eigenvalue weighted by Gasteiger charge is 2.19. The zero-order chi connectivity index (χ0) is 5.91. The molecule has 0 aromatic carbocycles. The zero-order valence-corrected chi connectivity index (χ0v) is 6.02. The van der Waals surface area contributed by atoms with Gasteiger partial charge in [0.15, 0.2) is 0 Å². The standard InChI is InChI=1S/C4H11O2Si/c1-5-7(3,4)6-2/h3H2,1-2,4H3. The summed E-state index contributed by atoms with van der Waals surface area (Å²) in [6.07, 6.45) is 0. The minimum Gasteiger partial charge on any atom is -0.398 e. The molecule has 1 radical (unpaired) electrons. The van der Waals surface area contributed by atoms with Gasteiger partial charge in [-0.1, -0.05) is 0 Å². The first-order valence-corrected chi connectivity index (χ1v) is 4.60. The third-order valence-corrected chi connectivity index (χ3v) is 2.59. The van der Waals surface area contributed by atoms with Gasteiger partial charge in [-0.05, 0) is 13.1 Å². The first-order valence-electron chi connectivity index (χ1n) is 2.08. The van der Waals surface area contributed by atoms with Crippen LogP contribution in [0.1, 0.15) is 0 Å². The molecule has 0 aliphatic heterocycles. The average Bonchev–Trinajstić information content (AvgIpc) is 1.68. The lowest BCUT2D eigenvalue weighted by atomic mass is 11.8. The maximum absolute atomic E-state index is 4.89. The third-order valence-electron chi connectivity index (χ3n) is 0.864. The summed E-state index contributed by atoms with van der Waals surface area (Å²) < 4.78 is 9.78. The molecule has 0 unspecified atom stereocenters. The molecule has 7 heavy (non-hydrogen) atoms. The molecule has 0 bridgehead atoms. The average molecular weight is 119 g/mol. The van der Waals surface area contributed by atoms with Gasteiger partial charge in [0.1, 0.15) is 0 Å². The topological polar surface area (TPSA) is 18.5 Å². The minimum absolute atomic E-state index is 1.61. The summed E-state index contributed by atoms with van der Waals surface area (Å²) in [6.45, 7) is 5.58. The Morgan fingerprint density at radius 1 is 1.29 bits per heavy atom. The van der Waals surface area contributed by atoms with Crippen LogP contribution in [0.25, 0.3) is 0 Å². The highest BCUT2D eigenvalue weighted by Crippen LogP contribution is 1.98. The van der Waals surface area contributed by atoms with Crippen molar-refractivity contribution in [2.24, 2.45) is 0 Å². The lowest BCUT2D eigenvalue weighted by molar-refractivity contribution is 0.263. The van der Waals surface area contributed by atoms with Crippen LogP contribution in [0.2, 0.25) is 6.55 Å². The van der Waals surface area contributed by atoms with E-state index in [2.05, 4.69) is 6.55 Å². The van der Waals surface area contributed by atoms with Crippen molar-refractivity contribution in [3.05, 3.63) is 6.55 Å². The van der Waals surface area contributed by atoms with E-state index in [1.165, 1.54) is 0 Å². The molecule has 0 spiro atoms. The molecular weight excluding hydrogens is 108 g/mol. The van der Waals surface area contributed by atoms with Crippen LogP contribution in [0.15, 0.2) is 0 Å². The van der Waals surface area contributed by atoms with E-state index >= 15 is 0 Å². The van der Waals surface area contributed by atoms with Gasteiger partial charge < -0.3 is 8.85 Å². The van der Waals surface area contributed by atoms with E-state index in [1.807, 2.05) is 6.55 Å². The largest absolute Gasteiger partial charge is 0.398 e. The molecule has 0 heterocycles. The van der Waals surface area contributed by atoms with Crippen LogP contribution in [0.4, 0.5) is 0 Å². The van der Waals surface area contributed by atoms with Crippen LogP contribution in [0, 0.1) is 6.55 Å². The van der Waals surface area contributed by atoms with E-state index < -0.39 is 8.56 Å². The molecule has 3 heteroatoms. The Hall–Kier alpha value is 0.137. The van der Waals surface area contributed by atoms with Crippen LogP contribution in [0.3, 0.4) is 0 Å². The van der Waals surface area contributed by atoms with Gasteiger partial charge >= 0.3 is 8.56 Å². The van der Waals surface area contributed by atoms with Gasteiger partial charge in [0.2, 0.25) is 0 Å². The second-order valence-corrected chi connectivity index (χ2v) is 4.63. The molecule has 0 atom stereocenters. The summed E-state index contributed by atoms with van der Waals surface area (Å²) in [5.74, 6) is 0. The summed E-state index contributed by atoms with van der Waals surface area (Å²) >= 11 is 0. The Labute approximate surface area is 45.7 Å². The van der Waals surface area contributed by atoms with Crippen LogP contribution in [0.5, 0.6) is 0 Å². The third kappa shape index (κ3) is 2.79. The normalized spacial score (nSPS) is 12.0. The van der Waals surface area contributed by atoms with Crippen molar-refractivity contribution in [2.45, 2.75) is 6.55 Å². The molecule has 0 rings (SSSR count). The van der Waals surface area contributed by atoms with Crippen LogP contribution >= 0.6 is 0 Å². The maximum Gasteiger partial charge on any atom is 0.334 e. The highest BCUT2D eigenvalue weighted by atomic mass is 28.4. The number of hydrogen-bond acceptors (Lipinski definition) is 2. The van der Waals surface area contributed by atoms with Gasteiger partial charge in [0, 0.05) is 14.2 Å². The molecule has 0 saturated carbocycles. The summed E-state index contributed by atoms with van der Waals surface area (Å²) in [5.41, 5.74) is 0. The Balaban J connectivity index is 3.36. The van der Waals surface area contributed by atoms with E-state index in [0.717, 1.165) is 0 Å². The lowest BCUT2D eigenvalue weighted by Gasteiger charge is -2.15. The molecule has 0 N–H and O–H groups in total. The zero-order valence-electron chi connectivity index (χ0n) is 5.02. The first-order chi connectivity index (χ1) is 3.12. The van der Waals surface area contributed by atoms with Crippen molar-refractivity contribution in [1.82, 2.24) is 0 Å². The fourth-order valence-corrected chi connectivity index (χ4v) is 0.250. The van der Waals surface area contributed by atoms with Crippen LogP contribution in [-0.2, 0) is 8.85 Å². The molecule has 0 fully saturated rings. The lowest BCUT2D eigenvalue weighted by Crippen LogP contribution is -2.32. The summed E-state index contributed by atoms with van der Waals surface area (Å²) in [6, 6.07) is 0. The van der Waals surface area contributed by atoms with Gasteiger partial charge in [0.05, 0.1) is 0 Å². The summed E-state index contributed by atoms with van der Waals surface area (Å²) in [5, 5.41) is 0. The van der Waals surface area contributed by atoms with Gasteiger partial charge in [-0.25, -0.2) is 0 Å². The SMILES string of the molecule is [CH2][Si](C)(OC)OC. The number of rotatable bonds is 2. The monoisotopic (exact) mass is 119 g/mol. The smallest absolute Gasteiger partial charge is 0.334 e. The predicted octanol–water partition coefficient (Wildman–Crippen LogP) is 0.724. The Morgan fingerprint density at radius 3 is 1.57 bits per heavy atom. The predicted molar refractivity (Wildman–Crippen MR) is 31.0 cm³/mol. The Kier molecular flexibility index (Phi) is 2.49. The molecule has 0 aromatic rings. The van der Waals surface area contributed by atoms with E-state index in [-0.39, 0.29) is 0 Å². The van der Waals surface area contributed by atoms with Crippen LogP contribution < -0.4 is 0 Å². The second-order valence-electron chi connectivity index (χ2n) is 1.54. The van der Waals surface area contributed by atoms with Gasteiger partial charge in [0.25, 0.3) is 0 Å². The molecule has 0 amide bonds.